The van der Waals surface area contributed by atoms with Crippen molar-refractivity contribution in [1.82, 2.24) is 10.2 Å². The Morgan fingerprint density at radius 1 is 1.29 bits per heavy atom. The van der Waals surface area contributed by atoms with E-state index in [1.54, 1.807) is 13.1 Å². The van der Waals surface area contributed by atoms with Crippen LogP contribution in [0.4, 0.5) is 0 Å². The summed E-state index contributed by atoms with van der Waals surface area (Å²) < 4.78 is 12.4. The quantitative estimate of drug-likeness (QED) is 0.476. The predicted molar refractivity (Wildman–Crippen MR) is 118 cm³/mol. The van der Waals surface area contributed by atoms with Crippen LogP contribution in [0.2, 0.25) is 5.02 Å². The molecule has 8 heteroatoms. The van der Waals surface area contributed by atoms with Crippen LogP contribution in [0.25, 0.3) is 6.08 Å². The van der Waals surface area contributed by atoms with Crippen molar-refractivity contribution in [2.45, 2.75) is 13.5 Å². The second-order valence-electron chi connectivity index (χ2n) is 6.03. The van der Waals surface area contributed by atoms with Crippen molar-refractivity contribution in [2.24, 2.45) is 0 Å². The molecule has 1 saturated heterocycles. The molecular formula is C20H18BrClN2O3S. The van der Waals surface area contributed by atoms with Gasteiger partial charge in [0.15, 0.2) is 16.6 Å². The number of carbonyl (C=O) groups is 1. The van der Waals surface area contributed by atoms with Crippen LogP contribution in [-0.2, 0) is 11.4 Å². The Kier molecular flexibility index (Phi) is 6.59. The van der Waals surface area contributed by atoms with E-state index in [-0.39, 0.29) is 5.91 Å². The fraction of sp³-hybridized carbons (Fsp3) is 0.200. The summed E-state index contributed by atoms with van der Waals surface area (Å²) in [7, 11) is 1.63. The fourth-order valence-electron chi connectivity index (χ4n) is 2.65. The highest BCUT2D eigenvalue weighted by molar-refractivity contribution is 9.10. The van der Waals surface area contributed by atoms with Gasteiger partial charge in [-0.2, -0.15) is 0 Å². The van der Waals surface area contributed by atoms with Gasteiger partial charge < -0.3 is 14.8 Å². The zero-order chi connectivity index (χ0) is 20.3. The zero-order valence-electron chi connectivity index (χ0n) is 15.3. The number of rotatable bonds is 6. The molecule has 1 amide bonds. The van der Waals surface area contributed by atoms with Gasteiger partial charge in [-0.1, -0.05) is 23.7 Å². The van der Waals surface area contributed by atoms with Gasteiger partial charge in [0.2, 0.25) is 0 Å². The van der Waals surface area contributed by atoms with E-state index in [9.17, 15) is 4.79 Å². The maximum atomic E-state index is 12.2. The van der Waals surface area contributed by atoms with Crippen LogP contribution in [0.3, 0.4) is 0 Å². The van der Waals surface area contributed by atoms with E-state index in [4.69, 9.17) is 33.3 Å². The first-order valence-corrected chi connectivity index (χ1v) is 10.1. The van der Waals surface area contributed by atoms with Crippen molar-refractivity contribution in [1.29, 1.82) is 0 Å². The van der Waals surface area contributed by atoms with Crippen molar-refractivity contribution in [3.63, 3.8) is 0 Å². The van der Waals surface area contributed by atoms with Gasteiger partial charge in [0, 0.05) is 12.1 Å². The van der Waals surface area contributed by atoms with Gasteiger partial charge in [0.1, 0.15) is 12.3 Å². The number of hydrogen-bond donors (Lipinski definition) is 1. The standard InChI is InChI=1S/C20H18BrClN2O3S/c1-3-26-17-10-13(9-16-19(25)24(2)20(28)23-16)8-15(21)18(17)27-11-12-5-4-6-14(22)7-12/h4-10H,3,11H2,1-2H3,(H,23,28)/b16-9-. The van der Waals surface area contributed by atoms with Crippen molar-refractivity contribution < 1.29 is 14.3 Å². The summed E-state index contributed by atoms with van der Waals surface area (Å²) in [6, 6.07) is 11.2. The van der Waals surface area contributed by atoms with Crippen LogP contribution in [0.15, 0.2) is 46.6 Å². The van der Waals surface area contributed by atoms with Crippen LogP contribution >= 0.6 is 39.7 Å². The predicted octanol–water partition coefficient (Wildman–Crippen LogP) is 4.77. The number of carbonyl (C=O) groups excluding carboxylic acids is 1. The molecule has 1 heterocycles. The number of likely N-dealkylation sites (N-methyl/N-ethyl adjacent to an activating group) is 1. The van der Waals surface area contributed by atoms with Crippen molar-refractivity contribution in [3.05, 3.63) is 62.7 Å². The average molecular weight is 482 g/mol. The van der Waals surface area contributed by atoms with Crippen LogP contribution in [0, 0.1) is 0 Å². The number of nitrogens with zero attached hydrogens (tertiary/aromatic N) is 1. The Hall–Kier alpha value is -2.09. The molecule has 5 nitrogen and oxygen atoms in total. The lowest BCUT2D eigenvalue weighted by atomic mass is 10.1. The van der Waals surface area contributed by atoms with E-state index in [1.165, 1.54) is 4.90 Å². The highest BCUT2D eigenvalue weighted by Gasteiger charge is 2.27. The molecule has 28 heavy (non-hydrogen) atoms. The molecule has 1 N–H and O–H groups in total. The molecule has 0 aliphatic carbocycles. The van der Waals surface area contributed by atoms with Crippen molar-refractivity contribution in [2.75, 3.05) is 13.7 Å². The van der Waals surface area contributed by atoms with E-state index in [0.717, 1.165) is 11.1 Å². The normalized spacial score (nSPS) is 15.1. The molecule has 0 bridgehead atoms. The second kappa shape index (κ2) is 8.94. The summed E-state index contributed by atoms with van der Waals surface area (Å²) in [4.78, 5) is 13.6. The van der Waals surface area contributed by atoms with Crippen LogP contribution < -0.4 is 14.8 Å². The van der Waals surface area contributed by atoms with Gasteiger partial charge in [-0.05, 0) is 76.5 Å². The van der Waals surface area contributed by atoms with Gasteiger partial charge in [-0.25, -0.2) is 0 Å². The maximum absolute atomic E-state index is 12.2. The number of hydrogen-bond acceptors (Lipinski definition) is 4. The molecule has 146 valence electrons. The van der Waals surface area contributed by atoms with E-state index < -0.39 is 0 Å². The summed E-state index contributed by atoms with van der Waals surface area (Å²) in [6.45, 7) is 2.72. The molecule has 1 fully saturated rings. The third-order valence-electron chi connectivity index (χ3n) is 4.00. The molecule has 1 aliphatic rings. The molecule has 0 atom stereocenters. The Morgan fingerprint density at radius 3 is 2.71 bits per heavy atom. The minimum atomic E-state index is -0.180. The monoisotopic (exact) mass is 480 g/mol. The van der Waals surface area contributed by atoms with Crippen LogP contribution in [-0.4, -0.2) is 29.6 Å². The lowest BCUT2D eigenvalue weighted by molar-refractivity contribution is -0.121. The molecule has 1 aliphatic heterocycles. The molecule has 2 aromatic rings. The van der Waals surface area contributed by atoms with Gasteiger partial charge in [-0.3, -0.25) is 9.69 Å². The second-order valence-corrected chi connectivity index (χ2v) is 7.71. The first-order chi connectivity index (χ1) is 13.4. The Labute approximate surface area is 182 Å². The Balaban J connectivity index is 1.88. The first-order valence-electron chi connectivity index (χ1n) is 8.53. The number of nitrogens with one attached hydrogen (secondary N) is 1. The molecule has 3 rings (SSSR count). The zero-order valence-corrected chi connectivity index (χ0v) is 18.5. The van der Waals surface area contributed by atoms with E-state index >= 15 is 0 Å². The number of ether oxygens (including phenoxy) is 2. The average Bonchev–Trinajstić information content (AvgIpc) is 2.88. The minimum Gasteiger partial charge on any atom is -0.490 e. The van der Waals surface area contributed by atoms with E-state index in [2.05, 4.69) is 21.2 Å². The fourth-order valence-corrected chi connectivity index (χ4v) is 3.63. The maximum Gasteiger partial charge on any atom is 0.276 e. The van der Waals surface area contributed by atoms with Gasteiger partial charge >= 0.3 is 0 Å². The molecule has 0 aromatic heterocycles. The van der Waals surface area contributed by atoms with Gasteiger partial charge in [0.05, 0.1) is 11.1 Å². The molecule has 0 saturated carbocycles. The molecule has 0 unspecified atom stereocenters. The highest BCUT2D eigenvalue weighted by Crippen LogP contribution is 2.38. The molecular weight excluding hydrogens is 464 g/mol. The Morgan fingerprint density at radius 2 is 2.07 bits per heavy atom. The summed E-state index contributed by atoms with van der Waals surface area (Å²) in [6.07, 6.45) is 1.73. The third kappa shape index (κ3) is 4.66. The lowest BCUT2D eigenvalue weighted by Gasteiger charge is -2.15. The smallest absolute Gasteiger partial charge is 0.276 e. The summed E-state index contributed by atoms with van der Waals surface area (Å²) in [5.41, 5.74) is 2.14. The highest BCUT2D eigenvalue weighted by atomic mass is 79.9. The largest absolute Gasteiger partial charge is 0.490 e. The van der Waals surface area contributed by atoms with Crippen molar-refractivity contribution >= 4 is 56.8 Å². The first kappa shape index (κ1) is 20.6. The lowest BCUT2D eigenvalue weighted by Crippen LogP contribution is -2.25. The third-order valence-corrected chi connectivity index (χ3v) is 5.20. The summed E-state index contributed by atoms with van der Waals surface area (Å²) in [5, 5.41) is 3.94. The number of thiocarbonyl (C=S) groups is 1. The topological polar surface area (TPSA) is 50.8 Å². The van der Waals surface area contributed by atoms with Crippen LogP contribution in [0.5, 0.6) is 11.5 Å². The SMILES string of the molecule is CCOc1cc(/C=C2\NC(=S)N(C)C2=O)cc(Br)c1OCc1cccc(Cl)c1. The summed E-state index contributed by atoms with van der Waals surface area (Å²) >= 11 is 14.7. The Bertz CT molecular complexity index is 964. The number of benzene rings is 2. The van der Waals surface area contributed by atoms with E-state index in [0.29, 0.717) is 45.0 Å². The minimum absolute atomic E-state index is 0.180. The van der Waals surface area contributed by atoms with Gasteiger partial charge in [-0.15, -0.1) is 0 Å². The number of halogens is 2. The van der Waals surface area contributed by atoms with E-state index in [1.807, 2.05) is 43.3 Å². The van der Waals surface area contributed by atoms with Crippen molar-refractivity contribution in [3.8, 4) is 11.5 Å². The number of amides is 1. The molecule has 2 aromatic carbocycles. The van der Waals surface area contributed by atoms with Crippen LogP contribution in [0.1, 0.15) is 18.1 Å². The molecule has 0 spiro atoms. The summed E-state index contributed by atoms with van der Waals surface area (Å²) in [5.74, 6) is 0.981. The molecule has 0 radical (unpaired) electrons. The van der Waals surface area contributed by atoms with Gasteiger partial charge in [0.25, 0.3) is 5.91 Å².